The molecule has 3 saturated carbocycles. The molecule has 5 unspecified atom stereocenters. The van der Waals surface area contributed by atoms with Gasteiger partial charge in [0, 0.05) is 0 Å². The molecule has 1 N–H and O–H groups in total. The summed E-state index contributed by atoms with van der Waals surface area (Å²) in [6, 6.07) is 0. The Morgan fingerprint density at radius 1 is 1.27 bits per heavy atom. The highest BCUT2D eigenvalue weighted by Gasteiger charge is 2.59. The zero-order valence-electron chi connectivity index (χ0n) is 10.1. The fourth-order valence-corrected chi connectivity index (χ4v) is 5.18. The van der Waals surface area contributed by atoms with Gasteiger partial charge in [-0.1, -0.05) is 20.3 Å². The fraction of sp³-hybridized carbons (Fsp3) is 1.00. The summed E-state index contributed by atoms with van der Waals surface area (Å²) in [6.45, 7) is 4.49. The first kappa shape index (κ1) is 10.1. The zero-order chi connectivity index (χ0) is 10.6. The number of rotatable bonds is 2. The van der Waals surface area contributed by atoms with Gasteiger partial charge < -0.3 is 5.11 Å². The summed E-state index contributed by atoms with van der Waals surface area (Å²) in [4.78, 5) is 0. The van der Waals surface area contributed by atoms with Gasteiger partial charge in [0.05, 0.1) is 5.60 Å². The fourth-order valence-electron chi connectivity index (χ4n) is 5.18. The number of hydrogen-bond acceptors (Lipinski definition) is 1. The molecule has 0 amide bonds. The largest absolute Gasteiger partial charge is 0.390 e. The molecule has 3 fully saturated rings. The van der Waals surface area contributed by atoms with Crippen LogP contribution in [0.15, 0.2) is 0 Å². The first-order valence-corrected chi connectivity index (χ1v) is 6.82. The van der Waals surface area contributed by atoms with E-state index in [0.717, 1.165) is 30.6 Å². The lowest BCUT2D eigenvalue weighted by Crippen LogP contribution is -2.42. The first-order chi connectivity index (χ1) is 7.10. The Balaban J connectivity index is 1.80. The van der Waals surface area contributed by atoms with Crippen LogP contribution in [0.1, 0.15) is 52.4 Å². The van der Waals surface area contributed by atoms with Crippen molar-refractivity contribution >= 4 is 0 Å². The molecule has 3 aliphatic rings. The van der Waals surface area contributed by atoms with Gasteiger partial charge in [-0.05, 0) is 61.7 Å². The van der Waals surface area contributed by atoms with Crippen LogP contribution in [0.4, 0.5) is 0 Å². The minimum atomic E-state index is -0.273. The van der Waals surface area contributed by atoms with Gasteiger partial charge in [-0.25, -0.2) is 0 Å². The van der Waals surface area contributed by atoms with Crippen molar-refractivity contribution in [2.45, 2.75) is 58.0 Å². The highest BCUT2D eigenvalue weighted by atomic mass is 16.3. The second-order valence-corrected chi connectivity index (χ2v) is 6.77. The van der Waals surface area contributed by atoms with Crippen LogP contribution < -0.4 is 0 Å². The Kier molecular flexibility index (Phi) is 2.18. The van der Waals surface area contributed by atoms with Gasteiger partial charge in [-0.3, -0.25) is 0 Å². The van der Waals surface area contributed by atoms with E-state index in [4.69, 9.17) is 0 Å². The van der Waals surface area contributed by atoms with Gasteiger partial charge in [0.1, 0.15) is 0 Å². The molecule has 0 aliphatic heterocycles. The van der Waals surface area contributed by atoms with Gasteiger partial charge in [-0.15, -0.1) is 0 Å². The van der Waals surface area contributed by atoms with Crippen molar-refractivity contribution in [3.05, 3.63) is 0 Å². The zero-order valence-corrected chi connectivity index (χ0v) is 10.1. The topological polar surface area (TPSA) is 20.2 Å². The van der Waals surface area contributed by atoms with E-state index in [2.05, 4.69) is 13.8 Å². The molecule has 0 radical (unpaired) electrons. The lowest BCUT2D eigenvalue weighted by Gasteiger charge is -2.40. The molecule has 1 nitrogen and oxygen atoms in total. The maximum atomic E-state index is 10.8. The van der Waals surface area contributed by atoms with Crippen molar-refractivity contribution in [3.8, 4) is 0 Å². The van der Waals surface area contributed by atoms with E-state index in [1.807, 2.05) is 0 Å². The number of hydrogen-bond donors (Lipinski definition) is 1. The average Bonchev–Trinajstić information content (AvgIpc) is 2.70. The van der Waals surface area contributed by atoms with Crippen molar-refractivity contribution in [1.29, 1.82) is 0 Å². The van der Waals surface area contributed by atoms with E-state index < -0.39 is 0 Å². The third kappa shape index (κ3) is 1.39. The summed E-state index contributed by atoms with van der Waals surface area (Å²) < 4.78 is 0. The third-order valence-electron chi connectivity index (χ3n) is 5.37. The summed E-state index contributed by atoms with van der Waals surface area (Å²) in [5.41, 5.74) is -0.273. The van der Waals surface area contributed by atoms with Crippen LogP contribution in [0.2, 0.25) is 0 Å². The summed E-state index contributed by atoms with van der Waals surface area (Å²) in [6.07, 6.45) is 7.81. The molecule has 3 aliphatic carbocycles. The smallest absolute Gasteiger partial charge is 0.0683 e. The standard InChI is InChI=1S/C14H24O/c1-9(2)7-14(15)8-10-6-13(14)12-5-3-4-11(10)12/h9-13,15H,3-8H2,1-2H3. The Morgan fingerprint density at radius 3 is 2.73 bits per heavy atom. The summed E-state index contributed by atoms with van der Waals surface area (Å²) >= 11 is 0. The second kappa shape index (κ2) is 3.23. The van der Waals surface area contributed by atoms with Crippen molar-refractivity contribution in [2.24, 2.45) is 29.6 Å². The van der Waals surface area contributed by atoms with Crippen LogP contribution in [0.5, 0.6) is 0 Å². The van der Waals surface area contributed by atoms with Crippen LogP contribution in [-0.4, -0.2) is 10.7 Å². The molecule has 1 heteroatoms. The van der Waals surface area contributed by atoms with Crippen molar-refractivity contribution in [3.63, 3.8) is 0 Å². The maximum Gasteiger partial charge on any atom is 0.0683 e. The molecule has 0 aromatic heterocycles. The van der Waals surface area contributed by atoms with Crippen LogP contribution in [0, 0.1) is 29.6 Å². The predicted octanol–water partition coefficient (Wildman–Crippen LogP) is 3.22. The molecule has 5 atom stereocenters. The Morgan fingerprint density at radius 2 is 2.00 bits per heavy atom. The maximum absolute atomic E-state index is 10.8. The van der Waals surface area contributed by atoms with Gasteiger partial charge in [0.2, 0.25) is 0 Å². The molecule has 0 saturated heterocycles. The first-order valence-electron chi connectivity index (χ1n) is 6.82. The predicted molar refractivity (Wildman–Crippen MR) is 61.4 cm³/mol. The number of aliphatic hydroxyl groups is 1. The molecule has 86 valence electrons. The number of fused-ring (bicyclic) bond motifs is 5. The van der Waals surface area contributed by atoms with Gasteiger partial charge in [0.25, 0.3) is 0 Å². The van der Waals surface area contributed by atoms with E-state index in [1.54, 1.807) is 0 Å². The van der Waals surface area contributed by atoms with Crippen LogP contribution >= 0.6 is 0 Å². The van der Waals surface area contributed by atoms with E-state index in [9.17, 15) is 5.11 Å². The Bertz CT molecular complexity index is 260. The van der Waals surface area contributed by atoms with E-state index in [0.29, 0.717) is 11.8 Å². The lowest BCUT2D eigenvalue weighted by molar-refractivity contribution is -0.0600. The van der Waals surface area contributed by atoms with Gasteiger partial charge in [0.15, 0.2) is 0 Å². The highest BCUT2D eigenvalue weighted by Crippen LogP contribution is 2.63. The second-order valence-electron chi connectivity index (χ2n) is 6.77. The quantitative estimate of drug-likeness (QED) is 0.738. The highest BCUT2D eigenvalue weighted by molar-refractivity contribution is 5.10. The van der Waals surface area contributed by atoms with Crippen molar-refractivity contribution in [2.75, 3.05) is 0 Å². The molecule has 2 bridgehead atoms. The van der Waals surface area contributed by atoms with Crippen LogP contribution in [0.25, 0.3) is 0 Å². The van der Waals surface area contributed by atoms with Crippen molar-refractivity contribution < 1.29 is 5.11 Å². The molecule has 0 aromatic rings. The molecular formula is C14H24O. The minimum absolute atomic E-state index is 0.273. The molecule has 15 heavy (non-hydrogen) atoms. The molecule has 0 heterocycles. The van der Waals surface area contributed by atoms with Crippen LogP contribution in [-0.2, 0) is 0 Å². The monoisotopic (exact) mass is 208 g/mol. The average molecular weight is 208 g/mol. The van der Waals surface area contributed by atoms with E-state index in [1.165, 1.54) is 25.7 Å². The summed E-state index contributed by atoms with van der Waals surface area (Å²) in [5.74, 6) is 4.09. The minimum Gasteiger partial charge on any atom is -0.390 e. The van der Waals surface area contributed by atoms with Crippen molar-refractivity contribution in [1.82, 2.24) is 0 Å². The molecule has 3 rings (SSSR count). The third-order valence-corrected chi connectivity index (χ3v) is 5.37. The summed E-state index contributed by atoms with van der Waals surface area (Å²) in [5, 5.41) is 10.8. The lowest BCUT2D eigenvalue weighted by atomic mass is 9.70. The normalized spacial score (nSPS) is 52.8. The van der Waals surface area contributed by atoms with Gasteiger partial charge in [-0.2, -0.15) is 0 Å². The Labute approximate surface area is 93.3 Å². The Hall–Kier alpha value is -0.0400. The van der Waals surface area contributed by atoms with E-state index >= 15 is 0 Å². The van der Waals surface area contributed by atoms with Gasteiger partial charge >= 0.3 is 0 Å². The molecule has 0 spiro atoms. The van der Waals surface area contributed by atoms with E-state index in [-0.39, 0.29) is 5.60 Å². The molecule has 0 aromatic carbocycles. The van der Waals surface area contributed by atoms with Crippen LogP contribution in [0.3, 0.4) is 0 Å². The summed E-state index contributed by atoms with van der Waals surface area (Å²) in [7, 11) is 0. The molecular weight excluding hydrogens is 184 g/mol. The SMILES string of the molecule is CC(C)CC1(O)CC2CC1C1CCCC21.